The van der Waals surface area contributed by atoms with E-state index in [0.717, 1.165) is 11.3 Å². The Bertz CT molecular complexity index is 695. The van der Waals surface area contributed by atoms with Crippen molar-refractivity contribution in [2.24, 2.45) is 4.99 Å². The van der Waals surface area contributed by atoms with Gasteiger partial charge in [0.2, 0.25) is 0 Å². The van der Waals surface area contributed by atoms with Gasteiger partial charge in [0, 0.05) is 25.7 Å². The molecule has 2 rings (SSSR count). The summed E-state index contributed by atoms with van der Waals surface area (Å²) in [5.74, 6) is 0.397. The lowest BCUT2D eigenvalue weighted by molar-refractivity contribution is 0.409. The van der Waals surface area contributed by atoms with Crippen molar-refractivity contribution in [1.82, 2.24) is 10.6 Å². The molecule has 24 heavy (non-hydrogen) atoms. The summed E-state index contributed by atoms with van der Waals surface area (Å²) in [4.78, 5) is 4.12. The fraction of sp³-hybridized carbons (Fsp3) is 0.235. The molecule has 130 valence electrons. The molecule has 2 aromatic carbocycles. The zero-order valence-electron chi connectivity index (χ0n) is 13.5. The predicted molar refractivity (Wildman–Crippen MR) is 104 cm³/mol. The first-order valence-electron chi connectivity index (χ1n) is 7.18. The minimum absolute atomic E-state index is 0. The highest BCUT2D eigenvalue weighted by Gasteiger charge is 2.05. The lowest BCUT2D eigenvalue weighted by Gasteiger charge is -2.14. The number of methoxy groups -OCH3 is 1. The second-order valence-corrected chi connectivity index (χ2v) is 4.88. The molecular formula is C17H21FIN3O2. The maximum Gasteiger partial charge on any atom is 0.191 e. The Hall–Kier alpha value is -2.03. The second kappa shape index (κ2) is 9.96. The monoisotopic (exact) mass is 445 g/mol. The molecule has 0 radical (unpaired) electrons. The van der Waals surface area contributed by atoms with Crippen molar-refractivity contribution in [3.63, 3.8) is 0 Å². The number of hydrogen-bond acceptors (Lipinski definition) is 3. The van der Waals surface area contributed by atoms with Gasteiger partial charge in [-0.3, -0.25) is 4.99 Å². The fourth-order valence-corrected chi connectivity index (χ4v) is 2.09. The summed E-state index contributed by atoms with van der Waals surface area (Å²) in [6.45, 7) is 0.941. The van der Waals surface area contributed by atoms with Crippen LogP contribution in [0.4, 0.5) is 4.39 Å². The number of hydrogen-bond donors (Lipinski definition) is 3. The third kappa shape index (κ3) is 5.55. The lowest BCUT2D eigenvalue weighted by atomic mass is 10.2. The van der Waals surface area contributed by atoms with Crippen LogP contribution in [0.3, 0.4) is 0 Å². The number of nitrogens with one attached hydrogen (secondary N) is 2. The molecule has 3 N–H and O–H groups in total. The Morgan fingerprint density at radius 3 is 2.54 bits per heavy atom. The van der Waals surface area contributed by atoms with Crippen LogP contribution < -0.4 is 15.4 Å². The van der Waals surface area contributed by atoms with Crippen LogP contribution in [0, 0.1) is 5.82 Å². The van der Waals surface area contributed by atoms with Crippen molar-refractivity contribution in [2.75, 3.05) is 14.2 Å². The first-order valence-corrected chi connectivity index (χ1v) is 7.18. The van der Waals surface area contributed by atoms with Gasteiger partial charge in [-0.1, -0.05) is 24.3 Å². The normalized spacial score (nSPS) is 10.7. The molecule has 0 bridgehead atoms. The number of nitrogens with zero attached hydrogens (tertiary/aromatic N) is 1. The summed E-state index contributed by atoms with van der Waals surface area (Å²) in [5.41, 5.74) is 1.72. The minimum atomic E-state index is -0.638. The largest absolute Gasteiger partial charge is 0.505 e. The van der Waals surface area contributed by atoms with Crippen LogP contribution in [0.1, 0.15) is 11.1 Å². The number of guanidine groups is 1. The molecule has 2 aromatic rings. The number of phenolic OH excluding ortho intramolecular Hbond substituents is 1. The number of halogens is 2. The number of aliphatic imine (C=N–C) groups is 1. The molecule has 0 heterocycles. The zero-order valence-corrected chi connectivity index (χ0v) is 15.9. The summed E-state index contributed by atoms with van der Waals surface area (Å²) in [5, 5.41) is 15.4. The molecule has 0 atom stereocenters. The van der Waals surface area contributed by atoms with E-state index in [0.29, 0.717) is 24.6 Å². The number of rotatable bonds is 5. The summed E-state index contributed by atoms with van der Waals surface area (Å²) in [6, 6.07) is 12.0. The van der Waals surface area contributed by atoms with Gasteiger partial charge >= 0.3 is 0 Å². The number of phenols is 1. The highest BCUT2D eigenvalue weighted by molar-refractivity contribution is 14.0. The van der Waals surface area contributed by atoms with Crippen LogP contribution in [0.2, 0.25) is 0 Å². The SMILES string of the molecule is CN=C(NCc1ccc(O)c(F)c1)NCc1ccccc1OC.I. The van der Waals surface area contributed by atoms with E-state index < -0.39 is 5.82 Å². The van der Waals surface area contributed by atoms with Gasteiger partial charge in [0.1, 0.15) is 5.75 Å². The van der Waals surface area contributed by atoms with E-state index in [1.165, 1.54) is 12.1 Å². The van der Waals surface area contributed by atoms with Crippen LogP contribution in [0.5, 0.6) is 11.5 Å². The summed E-state index contributed by atoms with van der Waals surface area (Å²) < 4.78 is 18.6. The maximum atomic E-state index is 13.3. The smallest absolute Gasteiger partial charge is 0.191 e. The summed E-state index contributed by atoms with van der Waals surface area (Å²) >= 11 is 0. The molecule has 0 aliphatic heterocycles. The van der Waals surface area contributed by atoms with Crippen molar-refractivity contribution < 1.29 is 14.2 Å². The first-order chi connectivity index (χ1) is 11.1. The lowest BCUT2D eigenvalue weighted by Crippen LogP contribution is -2.36. The van der Waals surface area contributed by atoms with Crippen LogP contribution in [-0.2, 0) is 13.1 Å². The molecule has 7 heteroatoms. The molecular weight excluding hydrogens is 424 g/mol. The number of para-hydroxylation sites is 1. The molecule has 0 saturated heterocycles. The van der Waals surface area contributed by atoms with Crippen molar-refractivity contribution >= 4 is 29.9 Å². The molecule has 0 saturated carbocycles. The van der Waals surface area contributed by atoms with E-state index in [4.69, 9.17) is 4.74 Å². The van der Waals surface area contributed by atoms with E-state index in [-0.39, 0.29) is 29.7 Å². The predicted octanol–water partition coefficient (Wildman–Crippen LogP) is 3.02. The number of benzene rings is 2. The number of ether oxygens (including phenoxy) is 1. The Labute approximate surface area is 158 Å². The van der Waals surface area contributed by atoms with Gasteiger partial charge in [0.05, 0.1) is 7.11 Å². The Morgan fingerprint density at radius 1 is 1.17 bits per heavy atom. The van der Waals surface area contributed by atoms with E-state index in [9.17, 15) is 9.50 Å². The van der Waals surface area contributed by atoms with Gasteiger partial charge in [-0.2, -0.15) is 0 Å². The minimum Gasteiger partial charge on any atom is -0.505 e. The Kier molecular flexibility index (Phi) is 8.31. The van der Waals surface area contributed by atoms with Crippen molar-refractivity contribution in [2.45, 2.75) is 13.1 Å². The standard InChI is InChI=1S/C17H20FN3O2.HI/c1-19-17(20-10-12-7-8-15(22)14(18)9-12)21-11-13-5-3-4-6-16(13)23-2;/h3-9,22H,10-11H2,1-2H3,(H2,19,20,21);1H. The molecule has 0 aliphatic rings. The summed E-state index contributed by atoms with van der Waals surface area (Å²) in [6.07, 6.45) is 0. The average Bonchev–Trinajstić information content (AvgIpc) is 2.58. The molecule has 5 nitrogen and oxygen atoms in total. The third-order valence-corrected chi connectivity index (χ3v) is 3.33. The van der Waals surface area contributed by atoms with E-state index in [1.54, 1.807) is 20.2 Å². The Balaban J connectivity index is 0.00000288. The van der Waals surface area contributed by atoms with Crippen LogP contribution in [-0.4, -0.2) is 25.2 Å². The van der Waals surface area contributed by atoms with Gasteiger partial charge in [-0.15, -0.1) is 24.0 Å². The van der Waals surface area contributed by atoms with Crippen LogP contribution >= 0.6 is 24.0 Å². The van der Waals surface area contributed by atoms with Gasteiger partial charge < -0.3 is 20.5 Å². The van der Waals surface area contributed by atoms with E-state index in [2.05, 4.69) is 15.6 Å². The molecule has 0 aromatic heterocycles. The van der Waals surface area contributed by atoms with Gasteiger partial charge in [0.25, 0.3) is 0 Å². The molecule has 0 unspecified atom stereocenters. The van der Waals surface area contributed by atoms with Crippen molar-refractivity contribution in [3.05, 3.63) is 59.4 Å². The topological polar surface area (TPSA) is 65.9 Å². The Morgan fingerprint density at radius 2 is 1.88 bits per heavy atom. The number of aromatic hydroxyl groups is 1. The maximum absolute atomic E-state index is 13.3. The van der Waals surface area contributed by atoms with Gasteiger partial charge in [-0.25, -0.2) is 4.39 Å². The molecule has 0 fully saturated rings. The highest BCUT2D eigenvalue weighted by Crippen LogP contribution is 2.17. The first kappa shape index (κ1) is 20.0. The molecule has 0 amide bonds. The van der Waals surface area contributed by atoms with E-state index in [1.807, 2.05) is 24.3 Å². The molecule has 0 aliphatic carbocycles. The van der Waals surface area contributed by atoms with Crippen LogP contribution in [0.25, 0.3) is 0 Å². The second-order valence-electron chi connectivity index (χ2n) is 4.88. The molecule has 0 spiro atoms. The quantitative estimate of drug-likeness (QED) is 0.376. The van der Waals surface area contributed by atoms with Crippen LogP contribution in [0.15, 0.2) is 47.5 Å². The summed E-state index contributed by atoms with van der Waals surface area (Å²) in [7, 11) is 3.29. The fourth-order valence-electron chi connectivity index (χ4n) is 2.09. The highest BCUT2D eigenvalue weighted by atomic mass is 127. The van der Waals surface area contributed by atoms with Gasteiger partial charge in [-0.05, 0) is 23.8 Å². The van der Waals surface area contributed by atoms with Gasteiger partial charge in [0.15, 0.2) is 17.5 Å². The zero-order chi connectivity index (χ0) is 16.7. The van der Waals surface area contributed by atoms with E-state index >= 15 is 0 Å². The third-order valence-electron chi connectivity index (χ3n) is 3.33. The van der Waals surface area contributed by atoms with Crippen molar-refractivity contribution in [3.8, 4) is 11.5 Å². The average molecular weight is 445 g/mol. The van der Waals surface area contributed by atoms with Crippen molar-refractivity contribution in [1.29, 1.82) is 0 Å².